The smallest absolute Gasteiger partial charge is 0.0703 e. The number of hydrogen-bond donors (Lipinski definition) is 1. The minimum absolute atomic E-state index is 0.520. The standard InChI is InChI=1S/C14H16N2O/c1-2-4-14-11(3-1)9-13(10-15-14)16-12-5-7-17-8-6-12/h1-4,9-10,12,16H,5-8H2. The van der Waals surface area contributed by atoms with Gasteiger partial charge in [-0.15, -0.1) is 0 Å². The third-order valence-electron chi connectivity index (χ3n) is 3.18. The van der Waals surface area contributed by atoms with Gasteiger partial charge in [0.15, 0.2) is 0 Å². The van der Waals surface area contributed by atoms with Gasteiger partial charge in [-0.05, 0) is 25.0 Å². The summed E-state index contributed by atoms with van der Waals surface area (Å²) in [6.45, 7) is 1.72. The minimum atomic E-state index is 0.520. The van der Waals surface area contributed by atoms with Crippen LogP contribution in [0.3, 0.4) is 0 Å². The van der Waals surface area contributed by atoms with E-state index in [1.807, 2.05) is 24.4 Å². The Labute approximate surface area is 101 Å². The summed E-state index contributed by atoms with van der Waals surface area (Å²) < 4.78 is 5.35. The van der Waals surface area contributed by atoms with Crippen molar-refractivity contribution in [2.75, 3.05) is 18.5 Å². The number of anilines is 1. The number of pyridine rings is 1. The van der Waals surface area contributed by atoms with Crippen molar-refractivity contribution in [2.45, 2.75) is 18.9 Å². The van der Waals surface area contributed by atoms with Crippen LogP contribution < -0.4 is 5.32 Å². The van der Waals surface area contributed by atoms with Gasteiger partial charge in [-0.3, -0.25) is 4.98 Å². The van der Waals surface area contributed by atoms with Crippen LogP contribution in [0.2, 0.25) is 0 Å². The Morgan fingerprint density at radius 2 is 2.00 bits per heavy atom. The van der Waals surface area contributed by atoms with Gasteiger partial charge < -0.3 is 10.1 Å². The zero-order valence-corrected chi connectivity index (χ0v) is 9.73. The van der Waals surface area contributed by atoms with Crippen molar-refractivity contribution in [3.63, 3.8) is 0 Å². The number of benzene rings is 1. The molecule has 0 saturated carbocycles. The first kappa shape index (κ1) is 10.5. The van der Waals surface area contributed by atoms with Gasteiger partial charge in [-0.25, -0.2) is 0 Å². The van der Waals surface area contributed by atoms with Gasteiger partial charge in [0.2, 0.25) is 0 Å². The molecule has 0 bridgehead atoms. The normalized spacial score (nSPS) is 17.2. The summed E-state index contributed by atoms with van der Waals surface area (Å²) in [5.74, 6) is 0. The van der Waals surface area contributed by atoms with Crippen molar-refractivity contribution >= 4 is 16.6 Å². The van der Waals surface area contributed by atoms with Crippen molar-refractivity contribution in [3.8, 4) is 0 Å². The van der Waals surface area contributed by atoms with Gasteiger partial charge >= 0.3 is 0 Å². The van der Waals surface area contributed by atoms with E-state index in [9.17, 15) is 0 Å². The molecule has 3 nitrogen and oxygen atoms in total. The summed E-state index contributed by atoms with van der Waals surface area (Å²) in [6, 6.07) is 10.9. The Morgan fingerprint density at radius 3 is 2.88 bits per heavy atom. The molecule has 17 heavy (non-hydrogen) atoms. The minimum Gasteiger partial charge on any atom is -0.381 e. The molecule has 1 aromatic heterocycles. The highest BCUT2D eigenvalue weighted by Crippen LogP contribution is 2.19. The Morgan fingerprint density at radius 1 is 1.18 bits per heavy atom. The van der Waals surface area contributed by atoms with Crippen molar-refractivity contribution in [2.24, 2.45) is 0 Å². The summed E-state index contributed by atoms with van der Waals surface area (Å²) >= 11 is 0. The number of nitrogens with zero attached hydrogens (tertiary/aromatic N) is 1. The molecule has 0 aliphatic carbocycles. The Balaban J connectivity index is 1.80. The molecule has 0 atom stereocenters. The van der Waals surface area contributed by atoms with Gasteiger partial charge in [0, 0.05) is 24.6 Å². The summed E-state index contributed by atoms with van der Waals surface area (Å²) in [4.78, 5) is 4.45. The van der Waals surface area contributed by atoms with Gasteiger partial charge in [0.1, 0.15) is 0 Å². The zero-order chi connectivity index (χ0) is 11.5. The highest BCUT2D eigenvalue weighted by atomic mass is 16.5. The monoisotopic (exact) mass is 228 g/mol. The molecule has 88 valence electrons. The highest BCUT2D eigenvalue weighted by molar-refractivity contribution is 5.81. The molecule has 3 heteroatoms. The lowest BCUT2D eigenvalue weighted by Crippen LogP contribution is -2.27. The number of nitrogens with one attached hydrogen (secondary N) is 1. The number of hydrogen-bond acceptors (Lipinski definition) is 3. The lowest BCUT2D eigenvalue weighted by molar-refractivity contribution is 0.0904. The maximum absolute atomic E-state index is 5.35. The molecule has 0 unspecified atom stereocenters. The van der Waals surface area contributed by atoms with Gasteiger partial charge in [0.25, 0.3) is 0 Å². The molecule has 0 radical (unpaired) electrons. The third-order valence-corrected chi connectivity index (χ3v) is 3.18. The molecule has 1 fully saturated rings. The van der Waals surface area contributed by atoms with E-state index in [0.717, 1.165) is 37.3 Å². The summed E-state index contributed by atoms with van der Waals surface area (Å²) in [6.07, 6.45) is 4.07. The highest BCUT2D eigenvalue weighted by Gasteiger charge is 2.13. The first-order valence-corrected chi connectivity index (χ1v) is 6.11. The van der Waals surface area contributed by atoms with Crippen LogP contribution >= 0.6 is 0 Å². The van der Waals surface area contributed by atoms with Crippen LogP contribution in [0.5, 0.6) is 0 Å². The summed E-state index contributed by atoms with van der Waals surface area (Å²) in [5.41, 5.74) is 2.15. The fraction of sp³-hybridized carbons (Fsp3) is 0.357. The van der Waals surface area contributed by atoms with Crippen LogP contribution in [-0.4, -0.2) is 24.2 Å². The molecular weight excluding hydrogens is 212 g/mol. The molecular formula is C14H16N2O. The molecule has 1 aliphatic rings. The third kappa shape index (κ3) is 2.39. The zero-order valence-electron chi connectivity index (χ0n) is 9.73. The van der Waals surface area contributed by atoms with Gasteiger partial charge in [0.05, 0.1) is 17.4 Å². The van der Waals surface area contributed by atoms with Crippen LogP contribution in [0.25, 0.3) is 10.9 Å². The van der Waals surface area contributed by atoms with Gasteiger partial charge in [-0.1, -0.05) is 18.2 Å². The van der Waals surface area contributed by atoms with Crippen LogP contribution in [0.15, 0.2) is 36.5 Å². The first-order valence-electron chi connectivity index (χ1n) is 6.11. The summed E-state index contributed by atoms with van der Waals surface area (Å²) in [7, 11) is 0. The second-order valence-electron chi connectivity index (χ2n) is 4.45. The molecule has 0 amide bonds. The topological polar surface area (TPSA) is 34.2 Å². The SMILES string of the molecule is c1ccc2ncc(NC3CCOCC3)cc2c1. The Hall–Kier alpha value is -1.61. The first-order chi connectivity index (χ1) is 8.42. The molecule has 1 aliphatic heterocycles. The van der Waals surface area contributed by atoms with E-state index >= 15 is 0 Å². The largest absolute Gasteiger partial charge is 0.381 e. The maximum atomic E-state index is 5.35. The second kappa shape index (κ2) is 4.72. The number of rotatable bonds is 2. The average molecular weight is 228 g/mol. The fourth-order valence-corrected chi connectivity index (χ4v) is 2.23. The number of fused-ring (bicyclic) bond motifs is 1. The van der Waals surface area contributed by atoms with Crippen molar-refractivity contribution in [1.29, 1.82) is 0 Å². The van der Waals surface area contributed by atoms with Gasteiger partial charge in [-0.2, -0.15) is 0 Å². The van der Waals surface area contributed by atoms with E-state index in [4.69, 9.17) is 4.74 Å². The number of aromatic nitrogens is 1. The molecule has 2 heterocycles. The summed E-state index contributed by atoms with van der Waals surface area (Å²) in [5, 5.41) is 4.72. The molecule has 1 N–H and O–H groups in total. The molecule has 0 spiro atoms. The lowest BCUT2D eigenvalue weighted by atomic mass is 10.1. The fourth-order valence-electron chi connectivity index (χ4n) is 2.23. The predicted molar refractivity (Wildman–Crippen MR) is 69.2 cm³/mol. The van der Waals surface area contributed by atoms with E-state index in [2.05, 4.69) is 22.4 Å². The Bertz CT molecular complexity index is 506. The second-order valence-corrected chi connectivity index (χ2v) is 4.45. The van der Waals surface area contributed by atoms with E-state index < -0.39 is 0 Å². The van der Waals surface area contributed by atoms with Crippen LogP contribution in [0, 0.1) is 0 Å². The van der Waals surface area contributed by atoms with Crippen LogP contribution in [0.1, 0.15) is 12.8 Å². The molecule has 1 aromatic carbocycles. The predicted octanol–water partition coefficient (Wildman–Crippen LogP) is 2.83. The van der Waals surface area contributed by atoms with Crippen LogP contribution in [-0.2, 0) is 4.74 Å². The lowest BCUT2D eigenvalue weighted by Gasteiger charge is -2.24. The molecule has 1 saturated heterocycles. The molecule has 3 rings (SSSR count). The van der Waals surface area contributed by atoms with E-state index in [-0.39, 0.29) is 0 Å². The van der Waals surface area contributed by atoms with Crippen LogP contribution in [0.4, 0.5) is 5.69 Å². The number of para-hydroxylation sites is 1. The van der Waals surface area contributed by atoms with E-state index in [1.54, 1.807) is 0 Å². The van der Waals surface area contributed by atoms with Crippen molar-refractivity contribution in [3.05, 3.63) is 36.5 Å². The number of ether oxygens (including phenoxy) is 1. The maximum Gasteiger partial charge on any atom is 0.0703 e. The van der Waals surface area contributed by atoms with E-state index in [0.29, 0.717) is 6.04 Å². The van der Waals surface area contributed by atoms with Crippen molar-refractivity contribution < 1.29 is 4.74 Å². The Kier molecular flexibility index (Phi) is 2.92. The van der Waals surface area contributed by atoms with E-state index in [1.165, 1.54) is 5.39 Å². The van der Waals surface area contributed by atoms with Crippen molar-refractivity contribution in [1.82, 2.24) is 4.98 Å². The average Bonchev–Trinajstić information content (AvgIpc) is 2.40. The molecule has 2 aromatic rings. The quantitative estimate of drug-likeness (QED) is 0.858.